The second-order valence-electron chi connectivity index (χ2n) is 5.23. The van der Waals surface area contributed by atoms with E-state index in [-0.39, 0.29) is 24.9 Å². The number of carbonyl (C=O) groups is 1. The Balaban J connectivity index is 1.80. The third kappa shape index (κ3) is 4.90. The summed E-state index contributed by atoms with van der Waals surface area (Å²) in [6, 6.07) is -0.505. The molecule has 2 rings (SSSR count). The number of hydrogen-bond acceptors (Lipinski definition) is 3. The van der Waals surface area contributed by atoms with E-state index < -0.39 is 42.5 Å². The van der Waals surface area contributed by atoms with Crippen molar-refractivity contribution < 1.29 is 35.9 Å². The number of aromatic nitrogens is 1. The van der Waals surface area contributed by atoms with E-state index in [9.17, 15) is 31.1 Å². The predicted molar refractivity (Wildman–Crippen MR) is 68.8 cm³/mol. The number of rotatable bonds is 5. The zero-order chi connectivity index (χ0) is 17.9. The highest BCUT2D eigenvalue weighted by Gasteiger charge is 2.48. The lowest BCUT2D eigenvalue weighted by Crippen LogP contribution is -2.51. The van der Waals surface area contributed by atoms with Crippen LogP contribution in [0.2, 0.25) is 0 Å². The molecule has 1 aliphatic carbocycles. The highest BCUT2D eigenvalue weighted by Crippen LogP contribution is 2.40. The Labute approximate surface area is 132 Å². The van der Waals surface area contributed by atoms with Gasteiger partial charge in [-0.3, -0.25) is 0 Å². The summed E-state index contributed by atoms with van der Waals surface area (Å²) in [5, 5.41) is 4.55. The van der Waals surface area contributed by atoms with Crippen molar-refractivity contribution >= 4 is 6.03 Å². The van der Waals surface area contributed by atoms with Gasteiger partial charge in [0.25, 0.3) is 0 Å². The summed E-state index contributed by atoms with van der Waals surface area (Å²) >= 11 is 0. The van der Waals surface area contributed by atoms with Crippen LogP contribution in [0.5, 0.6) is 5.88 Å². The van der Waals surface area contributed by atoms with Crippen LogP contribution in [0, 0.1) is 11.7 Å². The maximum absolute atomic E-state index is 13.5. The summed E-state index contributed by atoms with van der Waals surface area (Å²) < 4.78 is 78.5. The lowest BCUT2D eigenvalue weighted by molar-refractivity contribution is -0.198. The number of urea groups is 1. The van der Waals surface area contributed by atoms with Crippen molar-refractivity contribution in [2.45, 2.75) is 38.2 Å². The van der Waals surface area contributed by atoms with Crippen molar-refractivity contribution in [1.29, 1.82) is 0 Å². The number of alkyl halides is 5. The molecule has 1 saturated carbocycles. The first-order chi connectivity index (χ1) is 11.1. The first-order valence-corrected chi connectivity index (χ1v) is 6.85. The number of halogens is 6. The number of nitrogens with one attached hydrogen (secondary N) is 2. The third-order valence-corrected chi connectivity index (χ3v) is 3.50. The molecule has 0 aromatic carbocycles. The van der Waals surface area contributed by atoms with Gasteiger partial charge in [0.2, 0.25) is 5.88 Å². The van der Waals surface area contributed by atoms with Gasteiger partial charge in [0.15, 0.2) is 0 Å². The topological polar surface area (TPSA) is 63.2 Å². The summed E-state index contributed by atoms with van der Waals surface area (Å²) in [6.45, 7) is -3.50. The summed E-state index contributed by atoms with van der Waals surface area (Å²) in [6.07, 6.45) is -4.05. The van der Waals surface area contributed by atoms with Crippen LogP contribution in [-0.2, 0) is 6.54 Å². The fraction of sp³-hybridized carbons (Fsp3) is 0.538. The van der Waals surface area contributed by atoms with Gasteiger partial charge < -0.3 is 15.4 Å². The van der Waals surface area contributed by atoms with Gasteiger partial charge >= 0.3 is 18.8 Å². The Morgan fingerprint density at radius 3 is 2.62 bits per heavy atom. The van der Waals surface area contributed by atoms with Crippen LogP contribution in [0.3, 0.4) is 0 Å². The van der Waals surface area contributed by atoms with Gasteiger partial charge in [-0.2, -0.15) is 22.0 Å². The summed E-state index contributed by atoms with van der Waals surface area (Å²) in [4.78, 5) is 14.9. The molecule has 24 heavy (non-hydrogen) atoms. The zero-order valence-electron chi connectivity index (χ0n) is 12.0. The van der Waals surface area contributed by atoms with E-state index in [1.165, 1.54) is 0 Å². The van der Waals surface area contributed by atoms with Crippen molar-refractivity contribution in [3.8, 4) is 5.88 Å². The molecule has 1 heterocycles. The highest BCUT2D eigenvalue weighted by atomic mass is 19.4. The molecule has 0 radical (unpaired) electrons. The minimum atomic E-state index is -4.28. The Hall–Kier alpha value is -2.20. The van der Waals surface area contributed by atoms with E-state index in [1.54, 1.807) is 0 Å². The maximum Gasteiger partial charge on any atom is 0.391 e. The lowest BCUT2D eigenvalue weighted by atomic mass is 9.80. The van der Waals surface area contributed by atoms with E-state index in [1.807, 2.05) is 0 Å². The second kappa shape index (κ2) is 7.14. The van der Waals surface area contributed by atoms with E-state index in [4.69, 9.17) is 0 Å². The zero-order valence-corrected chi connectivity index (χ0v) is 12.0. The Kier molecular flexibility index (Phi) is 5.40. The largest absolute Gasteiger partial charge is 0.417 e. The van der Waals surface area contributed by atoms with Crippen molar-refractivity contribution in [3.05, 3.63) is 23.6 Å². The normalized spacial score (nSPS) is 20.5. The monoisotopic (exact) mass is 357 g/mol. The summed E-state index contributed by atoms with van der Waals surface area (Å²) in [7, 11) is 0. The van der Waals surface area contributed by atoms with Crippen LogP contribution in [0.15, 0.2) is 12.3 Å². The standard InChI is InChI=1S/C13H13F6N3O2/c14-9-5-20-10(24-11(15)16)1-6(9)4-21-12(23)22-8-2-7(3-8)13(17,18)19/h1,5,7-8,11H,2-4H2,(H2,21,22,23)/t7-,8-. The summed E-state index contributed by atoms with van der Waals surface area (Å²) in [5.41, 5.74) is -0.155. The highest BCUT2D eigenvalue weighted by molar-refractivity contribution is 5.74. The first-order valence-electron chi connectivity index (χ1n) is 6.85. The molecule has 1 fully saturated rings. The van der Waals surface area contributed by atoms with Gasteiger partial charge in [-0.1, -0.05) is 0 Å². The Bertz CT molecular complexity index is 590. The number of nitrogens with zero attached hydrogens (tertiary/aromatic N) is 1. The number of carbonyl (C=O) groups excluding carboxylic acids is 1. The number of amides is 2. The minimum absolute atomic E-state index is 0.155. The number of hydrogen-bond donors (Lipinski definition) is 2. The van der Waals surface area contributed by atoms with Crippen LogP contribution in [0.4, 0.5) is 31.1 Å². The molecule has 5 nitrogen and oxygen atoms in total. The Morgan fingerprint density at radius 1 is 1.38 bits per heavy atom. The number of pyridine rings is 1. The molecule has 0 saturated heterocycles. The molecule has 11 heteroatoms. The van der Waals surface area contributed by atoms with Gasteiger partial charge in [-0.25, -0.2) is 14.2 Å². The molecule has 1 aromatic heterocycles. The lowest BCUT2D eigenvalue weighted by Gasteiger charge is -2.36. The van der Waals surface area contributed by atoms with E-state index in [0.717, 1.165) is 6.07 Å². The van der Waals surface area contributed by atoms with Crippen LogP contribution < -0.4 is 15.4 Å². The van der Waals surface area contributed by atoms with Crippen LogP contribution >= 0.6 is 0 Å². The molecule has 0 spiro atoms. The van der Waals surface area contributed by atoms with Gasteiger partial charge in [0, 0.05) is 24.2 Å². The van der Waals surface area contributed by atoms with Crippen molar-refractivity contribution in [2.75, 3.05) is 0 Å². The van der Waals surface area contributed by atoms with Crippen molar-refractivity contribution in [3.63, 3.8) is 0 Å². The average molecular weight is 357 g/mol. The third-order valence-electron chi connectivity index (χ3n) is 3.50. The Morgan fingerprint density at radius 2 is 2.04 bits per heavy atom. The maximum atomic E-state index is 13.5. The molecular weight excluding hydrogens is 344 g/mol. The van der Waals surface area contributed by atoms with Crippen molar-refractivity contribution in [1.82, 2.24) is 15.6 Å². The molecule has 0 atom stereocenters. The fourth-order valence-electron chi connectivity index (χ4n) is 2.16. The molecule has 134 valence electrons. The van der Waals surface area contributed by atoms with Gasteiger partial charge in [-0.15, -0.1) is 0 Å². The molecule has 1 aromatic rings. The smallest absolute Gasteiger partial charge is 0.391 e. The number of ether oxygens (including phenoxy) is 1. The van der Waals surface area contributed by atoms with E-state index in [2.05, 4.69) is 20.4 Å². The minimum Gasteiger partial charge on any atom is -0.417 e. The molecular formula is C13H13F6N3O2. The molecule has 1 aliphatic rings. The molecule has 0 bridgehead atoms. The van der Waals surface area contributed by atoms with Crippen LogP contribution in [0.1, 0.15) is 18.4 Å². The van der Waals surface area contributed by atoms with Crippen molar-refractivity contribution in [2.24, 2.45) is 5.92 Å². The molecule has 2 amide bonds. The molecule has 0 aliphatic heterocycles. The first kappa shape index (κ1) is 18.1. The summed E-state index contributed by atoms with van der Waals surface area (Å²) in [5.74, 6) is -2.80. The van der Waals surface area contributed by atoms with Gasteiger partial charge in [0.1, 0.15) is 5.82 Å². The van der Waals surface area contributed by atoms with Crippen LogP contribution in [0.25, 0.3) is 0 Å². The predicted octanol–water partition coefficient (Wildman–Crippen LogP) is 2.96. The van der Waals surface area contributed by atoms with Gasteiger partial charge in [-0.05, 0) is 12.8 Å². The molecule has 2 N–H and O–H groups in total. The quantitative estimate of drug-likeness (QED) is 0.797. The molecule has 0 unspecified atom stereocenters. The van der Waals surface area contributed by atoms with Crippen LogP contribution in [-0.4, -0.2) is 29.8 Å². The average Bonchev–Trinajstić information content (AvgIpc) is 2.41. The second-order valence-corrected chi connectivity index (χ2v) is 5.23. The van der Waals surface area contributed by atoms with E-state index >= 15 is 0 Å². The van der Waals surface area contributed by atoms with E-state index in [0.29, 0.717) is 6.20 Å². The fourth-order valence-corrected chi connectivity index (χ4v) is 2.16. The van der Waals surface area contributed by atoms with Gasteiger partial charge in [0.05, 0.1) is 12.1 Å². The SMILES string of the molecule is O=C(NCc1cc(OC(F)F)ncc1F)N[C@H]1C[C@H](C(F)(F)F)C1.